The first-order chi connectivity index (χ1) is 7.96. The van der Waals surface area contributed by atoms with E-state index in [-0.39, 0.29) is 5.54 Å². The summed E-state index contributed by atoms with van der Waals surface area (Å²) in [5.41, 5.74) is 1.61. The van der Waals surface area contributed by atoms with Crippen LogP contribution in [0.2, 0.25) is 0 Å². The number of halogens is 1. The number of hydrogen-bond donors (Lipinski definition) is 1. The zero-order chi connectivity index (χ0) is 12.5. The summed E-state index contributed by atoms with van der Waals surface area (Å²) < 4.78 is 1.15. The Bertz CT molecular complexity index is 372. The number of rotatable bonds is 2. The summed E-state index contributed by atoms with van der Waals surface area (Å²) in [7, 11) is 0. The van der Waals surface area contributed by atoms with Gasteiger partial charge in [0.05, 0.1) is 0 Å². The van der Waals surface area contributed by atoms with E-state index in [0.29, 0.717) is 6.04 Å². The van der Waals surface area contributed by atoms with Gasteiger partial charge in [0.1, 0.15) is 0 Å². The van der Waals surface area contributed by atoms with Crippen molar-refractivity contribution in [2.45, 2.75) is 38.9 Å². The third kappa shape index (κ3) is 3.54. The largest absolute Gasteiger partial charge is 0.309 e. The standard InChI is InChI=1S/C14H21BrN2/c1-11-8-16-14(2,3)10-17(11)9-12-4-6-13(15)7-5-12/h4-7,11,16H,8-10H2,1-3H3. The molecule has 0 spiro atoms. The van der Waals surface area contributed by atoms with Crippen molar-refractivity contribution in [2.75, 3.05) is 13.1 Å². The molecule has 0 radical (unpaired) electrons. The van der Waals surface area contributed by atoms with Gasteiger partial charge in [-0.3, -0.25) is 4.90 Å². The van der Waals surface area contributed by atoms with Crippen LogP contribution < -0.4 is 5.32 Å². The van der Waals surface area contributed by atoms with E-state index in [0.717, 1.165) is 24.1 Å². The quantitative estimate of drug-likeness (QED) is 0.902. The van der Waals surface area contributed by atoms with Crippen molar-refractivity contribution in [3.8, 4) is 0 Å². The molecule has 1 aromatic rings. The molecule has 1 aromatic carbocycles. The lowest BCUT2D eigenvalue weighted by atomic mass is 9.98. The monoisotopic (exact) mass is 296 g/mol. The predicted molar refractivity (Wildman–Crippen MR) is 76.1 cm³/mol. The second kappa shape index (κ2) is 5.09. The van der Waals surface area contributed by atoms with Crippen LogP contribution in [-0.4, -0.2) is 29.6 Å². The Morgan fingerprint density at radius 3 is 2.65 bits per heavy atom. The number of nitrogens with one attached hydrogen (secondary N) is 1. The molecule has 1 atom stereocenters. The molecule has 1 heterocycles. The molecule has 2 nitrogen and oxygen atoms in total. The van der Waals surface area contributed by atoms with Gasteiger partial charge in [0.2, 0.25) is 0 Å². The molecule has 0 amide bonds. The minimum absolute atomic E-state index is 0.224. The first-order valence-corrected chi connectivity index (χ1v) is 6.99. The molecule has 1 unspecified atom stereocenters. The summed E-state index contributed by atoms with van der Waals surface area (Å²) in [5.74, 6) is 0. The molecule has 0 bridgehead atoms. The Morgan fingerprint density at radius 2 is 2.00 bits per heavy atom. The predicted octanol–water partition coefficient (Wildman–Crippen LogP) is 3.02. The smallest absolute Gasteiger partial charge is 0.0253 e. The van der Waals surface area contributed by atoms with Crippen LogP contribution in [0.5, 0.6) is 0 Å². The van der Waals surface area contributed by atoms with Crippen molar-refractivity contribution in [3.63, 3.8) is 0 Å². The van der Waals surface area contributed by atoms with Gasteiger partial charge >= 0.3 is 0 Å². The second-order valence-electron chi connectivity index (χ2n) is 5.65. The molecule has 3 heteroatoms. The summed E-state index contributed by atoms with van der Waals surface area (Å²) >= 11 is 3.48. The van der Waals surface area contributed by atoms with Crippen LogP contribution in [0.3, 0.4) is 0 Å². The van der Waals surface area contributed by atoms with E-state index in [4.69, 9.17) is 0 Å². The Kier molecular flexibility index (Phi) is 3.91. The fourth-order valence-electron chi connectivity index (χ4n) is 2.31. The number of benzene rings is 1. The van der Waals surface area contributed by atoms with Gasteiger partial charge in [0.15, 0.2) is 0 Å². The molecular weight excluding hydrogens is 276 g/mol. The van der Waals surface area contributed by atoms with Gasteiger partial charge < -0.3 is 5.32 Å². The summed E-state index contributed by atoms with van der Waals surface area (Å²) in [6.07, 6.45) is 0. The minimum Gasteiger partial charge on any atom is -0.309 e. The molecule has 0 saturated carbocycles. The minimum atomic E-state index is 0.224. The van der Waals surface area contributed by atoms with Crippen molar-refractivity contribution >= 4 is 15.9 Å². The summed E-state index contributed by atoms with van der Waals surface area (Å²) in [4.78, 5) is 2.56. The highest BCUT2D eigenvalue weighted by Crippen LogP contribution is 2.19. The molecule has 2 rings (SSSR count). The maximum Gasteiger partial charge on any atom is 0.0253 e. The normalized spacial score (nSPS) is 24.8. The average Bonchev–Trinajstić information content (AvgIpc) is 2.26. The molecule has 0 aliphatic carbocycles. The van der Waals surface area contributed by atoms with Crippen molar-refractivity contribution in [2.24, 2.45) is 0 Å². The first-order valence-electron chi connectivity index (χ1n) is 6.20. The van der Waals surface area contributed by atoms with Crippen LogP contribution in [0, 0.1) is 0 Å². The Hall–Kier alpha value is -0.380. The van der Waals surface area contributed by atoms with E-state index >= 15 is 0 Å². The average molecular weight is 297 g/mol. The molecule has 94 valence electrons. The van der Waals surface area contributed by atoms with E-state index in [1.165, 1.54) is 5.56 Å². The highest BCUT2D eigenvalue weighted by atomic mass is 79.9. The highest BCUT2D eigenvalue weighted by Gasteiger charge is 2.29. The second-order valence-corrected chi connectivity index (χ2v) is 6.56. The van der Waals surface area contributed by atoms with Crippen LogP contribution in [0.1, 0.15) is 26.3 Å². The Morgan fingerprint density at radius 1 is 1.35 bits per heavy atom. The molecule has 1 N–H and O–H groups in total. The van der Waals surface area contributed by atoms with E-state index in [2.05, 4.69) is 71.2 Å². The van der Waals surface area contributed by atoms with Crippen LogP contribution in [0.4, 0.5) is 0 Å². The maximum absolute atomic E-state index is 3.58. The number of nitrogens with zero attached hydrogens (tertiary/aromatic N) is 1. The van der Waals surface area contributed by atoms with Gasteiger partial charge in [-0.25, -0.2) is 0 Å². The lowest BCUT2D eigenvalue weighted by molar-refractivity contribution is 0.0978. The number of piperazine rings is 1. The van der Waals surface area contributed by atoms with Crippen LogP contribution in [0.15, 0.2) is 28.7 Å². The fraction of sp³-hybridized carbons (Fsp3) is 0.571. The van der Waals surface area contributed by atoms with Crippen molar-refractivity contribution < 1.29 is 0 Å². The molecule has 1 saturated heterocycles. The topological polar surface area (TPSA) is 15.3 Å². The van der Waals surface area contributed by atoms with E-state index in [1.807, 2.05) is 0 Å². The van der Waals surface area contributed by atoms with Crippen LogP contribution in [-0.2, 0) is 6.54 Å². The lowest BCUT2D eigenvalue weighted by Crippen LogP contribution is -2.60. The molecule has 1 aliphatic heterocycles. The fourth-order valence-corrected chi connectivity index (χ4v) is 2.57. The summed E-state index contributed by atoms with van der Waals surface area (Å²) in [6, 6.07) is 9.24. The van der Waals surface area contributed by atoms with Crippen molar-refractivity contribution in [3.05, 3.63) is 34.3 Å². The van der Waals surface area contributed by atoms with Gasteiger partial charge in [0, 0.05) is 35.7 Å². The molecule has 1 aliphatic rings. The Labute approximate surface area is 113 Å². The van der Waals surface area contributed by atoms with Gasteiger partial charge in [0.25, 0.3) is 0 Å². The first kappa shape index (κ1) is 13.1. The van der Waals surface area contributed by atoms with Gasteiger partial charge in [-0.15, -0.1) is 0 Å². The van der Waals surface area contributed by atoms with E-state index < -0.39 is 0 Å². The molecular formula is C14H21BrN2. The molecule has 17 heavy (non-hydrogen) atoms. The van der Waals surface area contributed by atoms with Crippen molar-refractivity contribution in [1.82, 2.24) is 10.2 Å². The molecule has 0 aromatic heterocycles. The van der Waals surface area contributed by atoms with Crippen LogP contribution >= 0.6 is 15.9 Å². The van der Waals surface area contributed by atoms with E-state index in [1.54, 1.807) is 0 Å². The zero-order valence-corrected chi connectivity index (χ0v) is 12.4. The summed E-state index contributed by atoms with van der Waals surface area (Å²) in [5, 5.41) is 3.58. The summed E-state index contributed by atoms with van der Waals surface area (Å²) in [6.45, 7) is 10.1. The third-order valence-electron chi connectivity index (χ3n) is 3.40. The van der Waals surface area contributed by atoms with Gasteiger partial charge in [-0.1, -0.05) is 28.1 Å². The molecule has 1 fully saturated rings. The lowest BCUT2D eigenvalue weighted by Gasteiger charge is -2.43. The Balaban J connectivity index is 2.04. The van der Waals surface area contributed by atoms with Crippen molar-refractivity contribution in [1.29, 1.82) is 0 Å². The SMILES string of the molecule is CC1CNC(C)(C)CN1Cc1ccc(Br)cc1. The van der Waals surface area contributed by atoms with Crippen LogP contribution in [0.25, 0.3) is 0 Å². The van der Waals surface area contributed by atoms with Gasteiger partial charge in [-0.2, -0.15) is 0 Å². The van der Waals surface area contributed by atoms with E-state index in [9.17, 15) is 0 Å². The third-order valence-corrected chi connectivity index (χ3v) is 3.93. The maximum atomic E-state index is 3.58. The highest BCUT2D eigenvalue weighted by molar-refractivity contribution is 9.10. The number of hydrogen-bond acceptors (Lipinski definition) is 2. The zero-order valence-electron chi connectivity index (χ0n) is 10.8. The van der Waals surface area contributed by atoms with Gasteiger partial charge in [-0.05, 0) is 38.5 Å².